The molecule has 1 atom stereocenters. The number of rotatable bonds is 7. The van der Waals surface area contributed by atoms with Gasteiger partial charge in [0.2, 0.25) is 10.0 Å². The number of pyridine rings is 1. The standard InChI is InChI=1S/C20H20N2O4S/c1-15(16-11-13-21-14-12-16)22-27(23,24)20-9-7-19(8-10-20)26-18-5-3-17(25-2)4-6-18/h3-15,22H,1-2H3/t15-/m0/s1. The molecule has 0 fully saturated rings. The van der Waals surface area contributed by atoms with Gasteiger partial charge in [0.15, 0.2) is 0 Å². The van der Waals surface area contributed by atoms with E-state index in [2.05, 4.69) is 9.71 Å². The average Bonchev–Trinajstić information content (AvgIpc) is 2.69. The zero-order valence-corrected chi connectivity index (χ0v) is 15.8. The number of methoxy groups -OCH3 is 1. The summed E-state index contributed by atoms with van der Waals surface area (Å²) in [5, 5.41) is 0. The Kier molecular flexibility index (Phi) is 5.73. The Hall–Kier alpha value is -2.90. The summed E-state index contributed by atoms with van der Waals surface area (Å²) in [4.78, 5) is 4.11. The van der Waals surface area contributed by atoms with Crippen molar-refractivity contribution in [2.75, 3.05) is 7.11 Å². The third-order valence-corrected chi connectivity index (χ3v) is 5.52. The van der Waals surface area contributed by atoms with Crippen molar-refractivity contribution in [3.8, 4) is 17.2 Å². The molecule has 0 radical (unpaired) electrons. The van der Waals surface area contributed by atoms with Crippen LogP contribution in [-0.4, -0.2) is 20.5 Å². The van der Waals surface area contributed by atoms with Crippen molar-refractivity contribution in [1.29, 1.82) is 0 Å². The predicted octanol–water partition coefficient (Wildman–Crippen LogP) is 3.92. The van der Waals surface area contributed by atoms with Gasteiger partial charge in [-0.15, -0.1) is 0 Å². The molecule has 3 rings (SSSR count). The van der Waals surface area contributed by atoms with Gasteiger partial charge in [-0.1, -0.05) is 0 Å². The van der Waals surface area contributed by atoms with Crippen molar-refractivity contribution in [2.24, 2.45) is 0 Å². The van der Waals surface area contributed by atoms with E-state index in [0.29, 0.717) is 11.5 Å². The minimum Gasteiger partial charge on any atom is -0.497 e. The maximum atomic E-state index is 12.6. The third-order valence-electron chi connectivity index (χ3n) is 3.97. The van der Waals surface area contributed by atoms with Crippen LogP contribution in [0.3, 0.4) is 0 Å². The van der Waals surface area contributed by atoms with Gasteiger partial charge >= 0.3 is 0 Å². The van der Waals surface area contributed by atoms with Crippen LogP contribution in [-0.2, 0) is 10.0 Å². The van der Waals surface area contributed by atoms with Crippen LogP contribution < -0.4 is 14.2 Å². The molecule has 7 heteroatoms. The van der Waals surface area contributed by atoms with Crippen LogP contribution >= 0.6 is 0 Å². The molecule has 1 aromatic heterocycles. The second kappa shape index (κ2) is 8.20. The minimum atomic E-state index is -3.65. The highest BCUT2D eigenvalue weighted by molar-refractivity contribution is 7.89. The van der Waals surface area contributed by atoms with Gasteiger partial charge in [-0.2, -0.15) is 0 Å². The zero-order valence-electron chi connectivity index (χ0n) is 15.0. The van der Waals surface area contributed by atoms with Gasteiger partial charge in [0.1, 0.15) is 17.2 Å². The maximum Gasteiger partial charge on any atom is 0.241 e. The fourth-order valence-corrected chi connectivity index (χ4v) is 3.72. The van der Waals surface area contributed by atoms with Crippen LogP contribution in [0.15, 0.2) is 78.0 Å². The molecule has 0 saturated heterocycles. The summed E-state index contributed by atoms with van der Waals surface area (Å²) in [6.45, 7) is 1.79. The van der Waals surface area contributed by atoms with Crippen LogP contribution in [0.25, 0.3) is 0 Å². The Morgan fingerprint density at radius 1 is 0.852 bits per heavy atom. The Labute approximate surface area is 158 Å². The zero-order chi connectivity index (χ0) is 19.3. The van der Waals surface area contributed by atoms with Gasteiger partial charge in [0, 0.05) is 18.4 Å². The Bertz CT molecular complexity index is 973. The first-order chi connectivity index (χ1) is 13.0. The molecule has 0 aliphatic heterocycles. The molecule has 0 saturated carbocycles. The molecule has 0 aliphatic carbocycles. The van der Waals surface area contributed by atoms with E-state index >= 15 is 0 Å². The highest BCUT2D eigenvalue weighted by atomic mass is 32.2. The van der Waals surface area contributed by atoms with Crippen LogP contribution in [0.5, 0.6) is 17.2 Å². The lowest BCUT2D eigenvalue weighted by molar-refractivity contribution is 0.413. The van der Waals surface area contributed by atoms with Crippen LogP contribution in [0.4, 0.5) is 0 Å². The molecule has 0 aliphatic rings. The van der Waals surface area contributed by atoms with E-state index in [1.807, 2.05) is 0 Å². The summed E-state index contributed by atoms with van der Waals surface area (Å²) in [5.41, 5.74) is 0.841. The molecule has 6 nitrogen and oxygen atoms in total. The fraction of sp³-hybridized carbons (Fsp3) is 0.150. The molecule has 27 heavy (non-hydrogen) atoms. The normalized spacial score (nSPS) is 12.4. The van der Waals surface area contributed by atoms with Crippen molar-refractivity contribution >= 4 is 10.0 Å². The van der Waals surface area contributed by atoms with Crippen LogP contribution in [0.2, 0.25) is 0 Å². The summed E-state index contributed by atoms with van der Waals surface area (Å²) in [6.07, 6.45) is 3.26. The van der Waals surface area contributed by atoms with Gasteiger partial charge in [0.05, 0.1) is 12.0 Å². The summed E-state index contributed by atoms with van der Waals surface area (Å²) >= 11 is 0. The molecule has 140 valence electrons. The summed E-state index contributed by atoms with van der Waals surface area (Å²) in [6, 6.07) is 16.6. The lowest BCUT2D eigenvalue weighted by atomic mass is 10.1. The topological polar surface area (TPSA) is 77.5 Å². The highest BCUT2D eigenvalue weighted by Crippen LogP contribution is 2.25. The SMILES string of the molecule is COc1ccc(Oc2ccc(S(=O)(=O)N[C@@H](C)c3ccncc3)cc2)cc1. The Morgan fingerprint density at radius 3 is 1.93 bits per heavy atom. The van der Waals surface area contributed by atoms with E-state index in [-0.39, 0.29) is 10.9 Å². The smallest absolute Gasteiger partial charge is 0.241 e. The van der Waals surface area contributed by atoms with Gasteiger partial charge in [-0.05, 0) is 73.2 Å². The Balaban J connectivity index is 1.69. The molecule has 0 bridgehead atoms. The quantitative estimate of drug-likeness (QED) is 0.668. The molecule has 0 amide bonds. The van der Waals surface area contributed by atoms with E-state index in [1.165, 1.54) is 12.1 Å². The first-order valence-corrected chi connectivity index (χ1v) is 9.80. The average molecular weight is 384 g/mol. The number of aromatic nitrogens is 1. The number of ether oxygens (including phenoxy) is 2. The van der Waals surface area contributed by atoms with Gasteiger partial charge in [0.25, 0.3) is 0 Å². The fourth-order valence-electron chi connectivity index (χ4n) is 2.49. The molecular formula is C20H20N2O4S. The molecule has 0 unspecified atom stereocenters. The van der Waals surface area contributed by atoms with Crippen LogP contribution in [0, 0.1) is 0 Å². The van der Waals surface area contributed by atoms with E-state index in [4.69, 9.17) is 9.47 Å². The van der Waals surface area contributed by atoms with Crippen molar-refractivity contribution in [3.05, 3.63) is 78.6 Å². The Morgan fingerprint density at radius 2 is 1.37 bits per heavy atom. The van der Waals surface area contributed by atoms with E-state index < -0.39 is 10.0 Å². The number of nitrogens with one attached hydrogen (secondary N) is 1. The van der Waals surface area contributed by atoms with E-state index in [0.717, 1.165) is 11.3 Å². The maximum absolute atomic E-state index is 12.6. The van der Waals surface area contributed by atoms with Gasteiger partial charge in [-0.3, -0.25) is 4.98 Å². The lowest BCUT2D eigenvalue weighted by Gasteiger charge is -2.14. The number of benzene rings is 2. The lowest BCUT2D eigenvalue weighted by Crippen LogP contribution is -2.26. The van der Waals surface area contributed by atoms with E-state index in [1.54, 1.807) is 75.0 Å². The molecule has 1 heterocycles. The first-order valence-electron chi connectivity index (χ1n) is 8.32. The van der Waals surface area contributed by atoms with Crippen molar-refractivity contribution in [3.63, 3.8) is 0 Å². The summed E-state index contributed by atoms with van der Waals surface area (Å²) < 4.78 is 38.6. The second-order valence-corrected chi connectivity index (χ2v) is 7.59. The highest BCUT2D eigenvalue weighted by Gasteiger charge is 2.18. The molecule has 1 N–H and O–H groups in total. The molecule has 0 spiro atoms. The number of nitrogens with zero attached hydrogens (tertiary/aromatic N) is 1. The molecular weight excluding hydrogens is 364 g/mol. The third kappa shape index (κ3) is 4.84. The van der Waals surface area contributed by atoms with Gasteiger partial charge in [-0.25, -0.2) is 13.1 Å². The molecule has 3 aromatic rings. The predicted molar refractivity (Wildman–Crippen MR) is 102 cm³/mol. The summed E-state index contributed by atoms with van der Waals surface area (Å²) in [5.74, 6) is 1.91. The monoisotopic (exact) mass is 384 g/mol. The summed E-state index contributed by atoms with van der Waals surface area (Å²) in [7, 11) is -2.05. The number of hydrogen-bond donors (Lipinski definition) is 1. The first kappa shape index (κ1) is 18.9. The minimum absolute atomic E-state index is 0.172. The van der Waals surface area contributed by atoms with Crippen molar-refractivity contribution < 1.29 is 17.9 Å². The van der Waals surface area contributed by atoms with Crippen molar-refractivity contribution in [1.82, 2.24) is 9.71 Å². The van der Waals surface area contributed by atoms with Gasteiger partial charge < -0.3 is 9.47 Å². The largest absolute Gasteiger partial charge is 0.497 e. The number of sulfonamides is 1. The van der Waals surface area contributed by atoms with Crippen molar-refractivity contribution in [2.45, 2.75) is 17.9 Å². The molecule has 2 aromatic carbocycles. The van der Waals surface area contributed by atoms with Crippen LogP contribution in [0.1, 0.15) is 18.5 Å². The number of hydrogen-bond acceptors (Lipinski definition) is 5. The second-order valence-electron chi connectivity index (χ2n) is 5.87. The van der Waals surface area contributed by atoms with E-state index in [9.17, 15) is 8.42 Å².